The SMILES string of the molecule is C[C@@H]1Cc2ncnc(N3CC(C#N)C3)c2CN1c1cc(Cl)nc2c1C=CC2. The van der Waals surface area contributed by atoms with Crippen LogP contribution in [0.1, 0.15) is 29.4 Å². The van der Waals surface area contributed by atoms with Crippen LogP contribution < -0.4 is 9.80 Å². The van der Waals surface area contributed by atoms with E-state index in [1.807, 2.05) is 6.07 Å². The van der Waals surface area contributed by atoms with Crippen molar-refractivity contribution in [1.82, 2.24) is 15.0 Å². The molecule has 0 radical (unpaired) electrons. The molecule has 0 aromatic carbocycles. The Labute approximate surface area is 163 Å². The summed E-state index contributed by atoms with van der Waals surface area (Å²) in [6, 6.07) is 4.61. The van der Waals surface area contributed by atoms with E-state index < -0.39 is 0 Å². The van der Waals surface area contributed by atoms with Crippen molar-refractivity contribution in [3.05, 3.63) is 46.1 Å². The second-order valence-electron chi connectivity index (χ2n) is 7.47. The largest absolute Gasteiger partial charge is 0.363 e. The quantitative estimate of drug-likeness (QED) is 0.748. The van der Waals surface area contributed by atoms with Crippen molar-refractivity contribution in [2.24, 2.45) is 5.92 Å². The molecule has 4 heterocycles. The van der Waals surface area contributed by atoms with Gasteiger partial charge in [-0.15, -0.1) is 0 Å². The Morgan fingerprint density at radius 1 is 1.26 bits per heavy atom. The van der Waals surface area contributed by atoms with Crippen molar-refractivity contribution in [3.8, 4) is 6.07 Å². The minimum atomic E-state index is 0.0987. The van der Waals surface area contributed by atoms with E-state index >= 15 is 0 Å². The molecule has 0 N–H and O–H groups in total. The Hall–Kier alpha value is -2.65. The van der Waals surface area contributed by atoms with Gasteiger partial charge in [0.25, 0.3) is 0 Å². The van der Waals surface area contributed by atoms with E-state index in [-0.39, 0.29) is 5.92 Å². The second kappa shape index (κ2) is 6.21. The van der Waals surface area contributed by atoms with E-state index in [0.29, 0.717) is 11.2 Å². The summed E-state index contributed by atoms with van der Waals surface area (Å²) in [6.45, 7) is 4.45. The topological polar surface area (TPSA) is 68.9 Å². The van der Waals surface area contributed by atoms with Crippen LogP contribution in [-0.4, -0.2) is 34.1 Å². The number of allylic oxidation sites excluding steroid dienone is 1. The van der Waals surface area contributed by atoms with Crippen molar-refractivity contribution in [1.29, 1.82) is 5.26 Å². The summed E-state index contributed by atoms with van der Waals surface area (Å²) in [7, 11) is 0. The monoisotopic (exact) mass is 378 g/mol. The van der Waals surface area contributed by atoms with Crippen LogP contribution in [0, 0.1) is 17.2 Å². The van der Waals surface area contributed by atoms with E-state index in [0.717, 1.165) is 60.9 Å². The van der Waals surface area contributed by atoms with Gasteiger partial charge in [-0.1, -0.05) is 23.8 Å². The summed E-state index contributed by atoms with van der Waals surface area (Å²) in [5, 5.41) is 9.62. The van der Waals surface area contributed by atoms with E-state index in [1.165, 1.54) is 5.56 Å². The van der Waals surface area contributed by atoms with Crippen LogP contribution in [0.25, 0.3) is 6.08 Å². The maximum Gasteiger partial charge on any atom is 0.137 e. The van der Waals surface area contributed by atoms with Gasteiger partial charge in [0.15, 0.2) is 0 Å². The highest BCUT2D eigenvalue weighted by molar-refractivity contribution is 6.29. The first-order chi connectivity index (χ1) is 13.1. The van der Waals surface area contributed by atoms with Crippen molar-refractivity contribution in [2.45, 2.75) is 32.4 Å². The van der Waals surface area contributed by atoms with Gasteiger partial charge in [-0.05, 0) is 13.0 Å². The van der Waals surface area contributed by atoms with Crippen molar-refractivity contribution < 1.29 is 0 Å². The molecule has 2 aromatic rings. The number of rotatable bonds is 2. The van der Waals surface area contributed by atoms with Gasteiger partial charge in [0, 0.05) is 55.3 Å². The van der Waals surface area contributed by atoms with E-state index in [4.69, 9.17) is 16.9 Å². The molecular formula is C20H19ClN6. The van der Waals surface area contributed by atoms with E-state index in [2.05, 4.69) is 49.9 Å². The number of pyridine rings is 1. The molecule has 0 bridgehead atoms. The minimum absolute atomic E-state index is 0.0987. The van der Waals surface area contributed by atoms with Crippen LogP contribution in [0.3, 0.4) is 0 Å². The molecule has 3 aliphatic rings. The second-order valence-corrected chi connectivity index (χ2v) is 7.85. The first-order valence-electron chi connectivity index (χ1n) is 9.24. The highest BCUT2D eigenvalue weighted by atomic mass is 35.5. The maximum absolute atomic E-state index is 9.09. The molecule has 5 rings (SSSR count). The minimum Gasteiger partial charge on any atom is -0.363 e. The molecule has 1 aliphatic carbocycles. The highest BCUT2D eigenvalue weighted by Gasteiger charge is 2.34. The zero-order valence-electron chi connectivity index (χ0n) is 15.1. The van der Waals surface area contributed by atoms with Crippen LogP contribution in [0.4, 0.5) is 11.5 Å². The Bertz CT molecular complexity index is 989. The molecule has 1 saturated heterocycles. The van der Waals surface area contributed by atoms with Gasteiger partial charge in [-0.2, -0.15) is 5.26 Å². The number of halogens is 1. The summed E-state index contributed by atoms with van der Waals surface area (Å²) >= 11 is 6.31. The molecule has 136 valence electrons. The smallest absolute Gasteiger partial charge is 0.137 e. The van der Waals surface area contributed by atoms with Crippen LogP contribution in [0.5, 0.6) is 0 Å². The molecule has 0 amide bonds. The average molecular weight is 379 g/mol. The van der Waals surface area contributed by atoms with Gasteiger partial charge < -0.3 is 9.80 Å². The number of nitrogens with zero attached hydrogens (tertiary/aromatic N) is 6. The third-order valence-corrected chi connectivity index (χ3v) is 5.91. The Balaban J connectivity index is 1.53. The first kappa shape index (κ1) is 16.5. The Morgan fingerprint density at radius 3 is 2.93 bits per heavy atom. The molecule has 1 fully saturated rings. The number of fused-ring (bicyclic) bond motifs is 2. The van der Waals surface area contributed by atoms with E-state index in [1.54, 1.807) is 6.33 Å². The summed E-state index contributed by atoms with van der Waals surface area (Å²) in [5.74, 6) is 1.07. The lowest BCUT2D eigenvalue weighted by molar-refractivity contribution is 0.491. The van der Waals surface area contributed by atoms with E-state index in [9.17, 15) is 0 Å². The lowest BCUT2D eigenvalue weighted by atomic mass is 9.95. The lowest BCUT2D eigenvalue weighted by Gasteiger charge is -2.41. The van der Waals surface area contributed by atoms with Gasteiger partial charge in [-0.25, -0.2) is 15.0 Å². The fourth-order valence-electron chi connectivity index (χ4n) is 4.24. The van der Waals surface area contributed by atoms with Crippen LogP contribution in [0.2, 0.25) is 5.15 Å². The molecule has 0 unspecified atom stereocenters. The zero-order valence-corrected chi connectivity index (χ0v) is 15.8. The zero-order chi connectivity index (χ0) is 18.5. The lowest BCUT2D eigenvalue weighted by Crippen LogP contribution is -2.48. The number of hydrogen-bond donors (Lipinski definition) is 0. The fraction of sp³-hybridized carbons (Fsp3) is 0.400. The number of hydrogen-bond acceptors (Lipinski definition) is 6. The number of aromatic nitrogens is 3. The van der Waals surface area contributed by atoms with Crippen molar-refractivity contribution in [2.75, 3.05) is 22.9 Å². The summed E-state index contributed by atoms with van der Waals surface area (Å²) in [6.07, 6.45) is 7.63. The summed E-state index contributed by atoms with van der Waals surface area (Å²) in [4.78, 5) is 18.2. The Morgan fingerprint density at radius 2 is 2.11 bits per heavy atom. The highest BCUT2D eigenvalue weighted by Crippen LogP contribution is 2.38. The molecule has 7 heteroatoms. The Kier molecular flexibility index (Phi) is 3.80. The van der Waals surface area contributed by atoms with Crippen LogP contribution in [-0.2, 0) is 19.4 Å². The molecule has 27 heavy (non-hydrogen) atoms. The maximum atomic E-state index is 9.09. The predicted octanol–water partition coefficient (Wildman–Crippen LogP) is 3.01. The standard InChI is InChI=1S/C20H19ClN6/c1-12-5-17-15(20(24-11-23-17)26-8-13(7-22)9-26)10-27(12)18-6-19(21)25-16-4-2-3-14(16)18/h2-3,6,11-13H,4-5,8-10H2,1H3/t12-/m1/s1. The van der Waals surface area contributed by atoms with Gasteiger partial charge in [0.05, 0.1) is 23.4 Å². The fourth-order valence-corrected chi connectivity index (χ4v) is 4.45. The summed E-state index contributed by atoms with van der Waals surface area (Å²) < 4.78 is 0. The molecule has 0 spiro atoms. The third kappa shape index (κ3) is 2.65. The van der Waals surface area contributed by atoms with Crippen molar-refractivity contribution in [3.63, 3.8) is 0 Å². The third-order valence-electron chi connectivity index (χ3n) is 5.71. The molecule has 1 atom stereocenters. The molecule has 0 saturated carbocycles. The van der Waals surface area contributed by atoms with Crippen LogP contribution >= 0.6 is 11.6 Å². The van der Waals surface area contributed by atoms with Crippen LogP contribution in [0.15, 0.2) is 18.5 Å². The van der Waals surface area contributed by atoms with Gasteiger partial charge in [0.1, 0.15) is 17.3 Å². The van der Waals surface area contributed by atoms with Gasteiger partial charge in [-0.3, -0.25) is 0 Å². The first-order valence-corrected chi connectivity index (χ1v) is 9.61. The molecule has 2 aromatic heterocycles. The van der Waals surface area contributed by atoms with Gasteiger partial charge in [0.2, 0.25) is 0 Å². The molecule has 2 aliphatic heterocycles. The molecule has 6 nitrogen and oxygen atoms in total. The number of anilines is 2. The van der Waals surface area contributed by atoms with Gasteiger partial charge >= 0.3 is 0 Å². The van der Waals surface area contributed by atoms with Crippen molar-refractivity contribution >= 4 is 29.2 Å². The normalized spacial score (nSPS) is 20.9. The average Bonchev–Trinajstić information content (AvgIpc) is 3.08. The molecular weight excluding hydrogens is 360 g/mol. The summed E-state index contributed by atoms with van der Waals surface area (Å²) in [5.41, 5.74) is 5.61. The predicted molar refractivity (Wildman–Crippen MR) is 105 cm³/mol. The number of nitriles is 1.